The molecule has 0 spiro atoms. The molecule has 1 heteroatoms. The number of rotatable bonds is 4. The molecule has 0 aliphatic carbocycles. The molecule has 0 aromatic carbocycles. The second-order valence-corrected chi connectivity index (χ2v) is 3.12. The summed E-state index contributed by atoms with van der Waals surface area (Å²) >= 11 is 0. The fourth-order valence-electron chi connectivity index (χ4n) is 0.985. The van der Waals surface area contributed by atoms with Crippen molar-refractivity contribution in [2.45, 2.75) is 20.8 Å². The molecule has 0 aromatic heterocycles. The van der Waals surface area contributed by atoms with Crippen molar-refractivity contribution in [3.05, 3.63) is 36.5 Å². The van der Waals surface area contributed by atoms with Crippen LogP contribution < -0.4 is 0 Å². The highest BCUT2D eigenvalue weighted by Gasteiger charge is 2.07. The first kappa shape index (κ1) is 10.9. The van der Waals surface area contributed by atoms with Crippen LogP contribution in [0.15, 0.2) is 36.5 Å². The lowest BCUT2D eigenvalue weighted by molar-refractivity contribution is 0.786. The Morgan fingerprint density at radius 1 is 1.42 bits per heavy atom. The maximum Gasteiger partial charge on any atom is 0.0352 e. The van der Waals surface area contributed by atoms with Gasteiger partial charge in [0.1, 0.15) is 0 Å². The van der Waals surface area contributed by atoms with Gasteiger partial charge in [0.2, 0.25) is 0 Å². The van der Waals surface area contributed by atoms with Gasteiger partial charge < -0.3 is 5.41 Å². The Balaban J connectivity index is 4.76. The van der Waals surface area contributed by atoms with E-state index in [2.05, 4.69) is 27.0 Å². The van der Waals surface area contributed by atoms with Crippen molar-refractivity contribution in [1.82, 2.24) is 0 Å². The number of hydrogen-bond donors (Lipinski definition) is 1. The van der Waals surface area contributed by atoms with Gasteiger partial charge in [-0.05, 0) is 24.0 Å². The van der Waals surface area contributed by atoms with Gasteiger partial charge in [-0.25, -0.2) is 0 Å². The minimum Gasteiger partial charge on any atom is -0.305 e. The fourth-order valence-corrected chi connectivity index (χ4v) is 0.985. The van der Waals surface area contributed by atoms with Gasteiger partial charge in [-0.3, -0.25) is 0 Å². The average molecular weight is 163 g/mol. The van der Waals surface area contributed by atoms with E-state index in [1.54, 1.807) is 13.0 Å². The van der Waals surface area contributed by atoms with E-state index >= 15 is 0 Å². The zero-order valence-electron chi connectivity index (χ0n) is 8.15. The maximum atomic E-state index is 7.43. The van der Waals surface area contributed by atoms with E-state index in [1.165, 1.54) is 0 Å². The molecule has 12 heavy (non-hydrogen) atoms. The lowest BCUT2D eigenvalue weighted by Gasteiger charge is -2.12. The summed E-state index contributed by atoms with van der Waals surface area (Å²) < 4.78 is 0. The van der Waals surface area contributed by atoms with Crippen LogP contribution in [0, 0.1) is 11.3 Å². The number of hydrogen-bond acceptors (Lipinski definition) is 1. The van der Waals surface area contributed by atoms with E-state index in [0.29, 0.717) is 11.6 Å². The van der Waals surface area contributed by atoms with Crippen molar-refractivity contribution in [3.63, 3.8) is 0 Å². The SMILES string of the molecule is C=C/C=C(\C(=C)C(C)=N)C(C)C. The quantitative estimate of drug-likeness (QED) is 0.485. The minimum absolute atomic E-state index is 0.399. The Morgan fingerprint density at radius 2 is 1.92 bits per heavy atom. The highest BCUT2D eigenvalue weighted by molar-refractivity contribution is 5.99. The van der Waals surface area contributed by atoms with E-state index in [0.717, 1.165) is 11.1 Å². The first-order valence-electron chi connectivity index (χ1n) is 4.08. The summed E-state index contributed by atoms with van der Waals surface area (Å²) in [7, 11) is 0. The third-order valence-corrected chi connectivity index (χ3v) is 1.72. The summed E-state index contributed by atoms with van der Waals surface area (Å²) in [6, 6.07) is 0. The molecule has 0 aromatic rings. The molecular weight excluding hydrogens is 146 g/mol. The van der Waals surface area contributed by atoms with Gasteiger partial charge in [-0.1, -0.05) is 39.2 Å². The second kappa shape index (κ2) is 4.70. The molecule has 0 bridgehead atoms. The molecule has 0 aliphatic rings. The molecule has 0 rings (SSSR count). The van der Waals surface area contributed by atoms with Crippen LogP contribution in [0.2, 0.25) is 0 Å². The van der Waals surface area contributed by atoms with E-state index in [1.807, 2.05) is 6.08 Å². The summed E-state index contributed by atoms with van der Waals surface area (Å²) in [6.07, 6.45) is 3.66. The normalized spacial score (nSPS) is 11.5. The average Bonchev–Trinajstić information content (AvgIpc) is 1.98. The molecule has 0 amide bonds. The molecule has 1 nitrogen and oxygen atoms in total. The van der Waals surface area contributed by atoms with Crippen molar-refractivity contribution in [3.8, 4) is 0 Å². The zero-order chi connectivity index (χ0) is 9.72. The molecule has 66 valence electrons. The molecule has 0 aliphatic heterocycles. The summed E-state index contributed by atoms with van der Waals surface area (Å²) in [5, 5.41) is 7.43. The molecule has 0 saturated carbocycles. The Labute approximate surface area is 75.0 Å². The predicted molar refractivity (Wildman–Crippen MR) is 55.7 cm³/mol. The van der Waals surface area contributed by atoms with Crippen LogP contribution in [0.1, 0.15) is 20.8 Å². The van der Waals surface area contributed by atoms with Gasteiger partial charge in [0, 0.05) is 5.71 Å². The van der Waals surface area contributed by atoms with Gasteiger partial charge >= 0.3 is 0 Å². The Bertz CT molecular complexity index is 231. The van der Waals surface area contributed by atoms with Crippen LogP contribution >= 0.6 is 0 Å². The van der Waals surface area contributed by atoms with Crippen LogP contribution in [-0.4, -0.2) is 5.71 Å². The third kappa shape index (κ3) is 2.87. The van der Waals surface area contributed by atoms with Crippen molar-refractivity contribution in [1.29, 1.82) is 5.41 Å². The summed E-state index contributed by atoms with van der Waals surface area (Å²) in [6.45, 7) is 13.4. The lowest BCUT2D eigenvalue weighted by atomic mass is 9.93. The summed E-state index contributed by atoms with van der Waals surface area (Å²) in [5.74, 6) is 0.399. The van der Waals surface area contributed by atoms with Crippen molar-refractivity contribution in [2.75, 3.05) is 0 Å². The molecule has 1 N–H and O–H groups in total. The largest absolute Gasteiger partial charge is 0.305 e. The molecule has 0 atom stereocenters. The van der Waals surface area contributed by atoms with E-state index in [9.17, 15) is 0 Å². The predicted octanol–water partition coefficient (Wildman–Crippen LogP) is 3.35. The smallest absolute Gasteiger partial charge is 0.0352 e. The summed E-state index contributed by atoms with van der Waals surface area (Å²) in [5.41, 5.74) is 2.43. The zero-order valence-corrected chi connectivity index (χ0v) is 8.15. The third-order valence-electron chi connectivity index (χ3n) is 1.72. The van der Waals surface area contributed by atoms with Crippen molar-refractivity contribution < 1.29 is 0 Å². The molecule has 0 saturated heterocycles. The maximum absolute atomic E-state index is 7.43. The van der Waals surface area contributed by atoms with Crippen LogP contribution in [0.3, 0.4) is 0 Å². The molecule has 0 fully saturated rings. The van der Waals surface area contributed by atoms with Gasteiger partial charge in [-0.15, -0.1) is 0 Å². The van der Waals surface area contributed by atoms with Gasteiger partial charge in [0.15, 0.2) is 0 Å². The minimum atomic E-state index is 0.399. The Hall–Kier alpha value is -1.11. The topological polar surface area (TPSA) is 23.9 Å². The van der Waals surface area contributed by atoms with Crippen LogP contribution in [0.5, 0.6) is 0 Å². The van der Waals surface area contributed by atoms with Crippen molar-refractivity contribution >= 4 is 5.71 Å². The Kier molecular flexibility index (Phi) is 4.27. The molecule has 0 unspecified atom stereocenters. The molecular formula is C11H17N. The molecule has 0 radical (unpaired) electrons. The van der Waals surface area contributed by atoms with Gasteiger partial charge in [0.05, 0.1) is 0 Å². The fraction of sp³-hybridized carbons (Fsp3) is 0.364. The highest BCUT2D eigenvalue weighted by Crippen LogP contribution is 2.18. The second-order valence-electron chi connectivity index (χ2n) is 3.12. The van der Waals surface area contributed by atoms with E-state index in [-0.39, 0.29) is 0 Å². The Morgan fingerprint density at radius 3 is 2.17 bits per heavy atom. The number of nitrogens with one attached hydrogen (secondary N) is 1. The van der Waals surface area contributed by atoms with Crippen LogP contribution in [0.25, 0.3) is 0 Å². The highest BCUT2D eigenvalue weighted by atomic mass is 14.4. The summed E-state index contributed by atoms with van der Waals surface area (Å²) in [4.78, 5) is 0. The van der Waals surface area contributed by atoms with E-state index in [4.69, 9.17) is 5.41 Å². The van der Waals surface area contributed by atoms with Gasteiger partial charge in [0.25, 0.3) is 0 Å². The first-order valence-corrected chi connectivity index (χ1v) is 4.08. The van der Waals surface area contributed by atoms with E-state index < -0.39 is 0 Å². The van der Waals surface area contributed by atoms with Gasteiger partial charge in [-0.2, -0.15) is 0 Å². The standard InChI is InChI=1S/C11H17N/c1-6-7-11(8(2)3)9(4)10(5)12/h6-8,12H,1,4H2,2-3,5H3/b11-7-,12-10?. The lowest BCUT2D eigenvalue weighted by Crippen LogP contribution is -2.03. The first-order chi connectivity index (χ1) is 5.50. The monoisotopic (exact) mass is 163 g/mol. The number of allylic oxidation sites excluding steroid dienone is 4. The van der Waals surface area contributed by atoms with Crippen LogP contribution in [-0.2, 0) is 0 Å². The van der Waals surface area contributed by atoms with Crippen LogP contribution in [0.4, 0.5) is 0 Å². The molecule has 0 heterocycles. The van der Waals surface area contributed by atoms with Crippen molar-refractivity contribution in [2.24, 2.45) is 5.92 Å².